The van der Waals surface area contributed by atoms with E-state index in [0.717, 1.165) is 0 Å². The molecule has 0 radical (unpaired) electrons. The zero-order valence-corrected chi connectivity index (χ0v) is 18.0. The van der Waals surface area contributed by atoms with E-state index in [1.54, 1.807) is 6.66 Å². The monoisotopic (exact) mass is 432 g/mol. The van der Waals surface area contributed by atoms with Gasteiger partial charge >= 0.3 is 13.6 Å². The van der Waals surface area contributed by atoms with Gasteiger partial charge in [-0.25, -0.2) is 4.79 Å². The molecular weight excluding hydrogens is 408 g/mol. The summed E-state index contributed by atoms with van der Waals surface area (Å²) >= 11 is 0. The van der Waals surface area contributed by atoms with Crippen molar-refractivity contribution < 1.29 is 23.1 Å². The third-order valence-electron chi connectivity index (χ3n) is 4.26. The second kappa shape index (κ2) is 10.4. The van der Waals surface area contributed by atoms with Crippen molar-refractivity contribution in [3.63, 3.8) is 0 Å². The molecule has 1 saturated heterocycles. The first-order valence-electron chi connectivity index (χ1n) is 8.69. The highest BCUT2D eigenvalue weighted by Crippen LogP contribution is 2.43. The summed E-state index contributed by atoms with van der Waals surface area (Å²) in [5, 5.41) is 8.61. The van der Waals surface area contributed by atoms with Gasteiger partial charge in [-0.15, -0.1) is 0 Å². The van der Waals surface area contributed by atoms with Gasteiger partial charge in [-0.3, -0.25) is 9.36 Å². The molecule has 6 atom stereocenters. The Balaban J connectivity index is 2.31. The zero-order valence-electron chi connectivity index (χ0n) is 16.2. The minimum absolute atomic E-state index is 0.261. The van der Waals surface area contributed by atoms with Crippen LogP contribution in [0.5, 0.6) is 0 Å². The molecule has 1 aliphatic rings. The Hall–Kier alpha value is -1.46. The average Bonchev–Trinajstić information content (AvgIpc) is 2.98. The van der Waals surface area contributed by atoms with E-state index >= 15 is 0 Å². The highest BCUT2D eigenvalue weighted by atomic mass is 31.2. The molecule has 0 aliphatic carbocycles. The predicted octanol–water partition coefficient (Wildman–Crippen LogP) is 1.81. The molecule has 10 nitrogen and oxygen atoms in total. The molecule has 2 rings (SSSR count). The van der Waals surface area contributed by atoms with E-state index < -0.39 is 46.0 Å². The maximum atomic E-state index is 12.7. The first-order chi connectivity index (χ1) is 13.3. The van der Waals surface area contributed by atoms with Crippen LogP contribution in [0.2, 0.25) is 0 Å². The summed E-state index contributed by atoms with van der Waals surface area (Å²) in [7, 11) is -1.99. The molecule has 1 aromatic heterocycles. The van der Waals surface area contributed by atoms with Crippen molar-refractivity contribution in [2.24, 2.45) is 0 Å². The fourth-order valence-electron chi connectivity index (χ4n) is 3.00. The molecular formula is C16H24N3O7P2+. The van der Waals surface area contributed by atoms with Crippen molar-refractivity contribution in [3.05, 3.63) is 33.1 Å². The minimum Gasteiger partial charge on any atom is -0.374 e. The highest BCUT2D eigenvalue weighted by molar-refractivity contribution is 7.46. The molecule has 0 aromatic carbocycles. The van der Waals surface area contributed by atoms with Crippen molar-refractivity contribution in [2.75, 3.05) is 27.0 Å². The fraction of sp³-hybridized carbons (Fsp3) is 0.688. The van der Waals surface area contributed by atoms with Crippen LogP contribution >= 0.6 is 16.3 Å². The molecule has 12 heteroatoms. The Kier molecular flexibility index (Phi) is 8.44. The largest absolute Gasteiger partial charge is 0.471 e. The second-order valence-corrected chi connectivity index (χ2v) is 8.72. The molecule has 1 aliphatic heterocycles. The van der Waals surface area contributed by atoms with E-state index in [9.17, 15) is 14.2 Å². The molecule has 2 heterocycles. The summed E-state index contributed by atoms with van der Waals surface area (Å²) in [4.78, 5) is 24.6. The third kappa shape index (κ3) is 4.93. The van der Waals surface area contributed by atoms with Gasteiger partial charge in [-0.2, -0.15) is 5.26 Å². The smallest absolute Gasteiger partial charge is 0.374 e. The Morgan fingerprint density at radius 3 is 2.68 bits per heavy atom. The van der Waals surface area contributed by atoms with Crippen molar-refractivity contribution in [1.29, 1.82) is 5.26 Å². The summed E-state index contributed by atoms with van der Waals surface area (Å²) in [5.74, 6) is 0. The van der Waals surface area contributed by atoms with Crippen molar-refractivity contribution in [1.82, 2.24) is 8.90 Å². The quantitative estimate of drug-likeness (QED) is 0.428. The first kappa shape index (κ1) is 22.8. The first-order valence-corrected chi connectivity index (χ1v) is 12.0. The minimum atomic E-state index is -2.18. The fourth-order valence-corrected chi connectivity index (χ4v) is 4.69. The van der Waals surface area contributed by atoms with Gasteiger partial charge in [-0.05, 0) is 15.3 Å². The summed E-state index contributed by atoms with van der Waals surface area (Å²) in [6.45, 7) is 5.23. The third-order valence-corrected chi connectivity index (χ3v) is 6.28. The predicted molar refractivity (Wildman–Crippen MR) is 103 cm³/mol. The number of nitrogens with zero attached hydrogens (tertiary/aromatic N) is 3. The van der Waals surface area contributed by atoms with Crippen molar-refractivity contribution >= 4 is 16.3 Å². The molecule has 28 heavy (non-hydrogen) atoms. The molecule has 0 amide bonds. The molecule has 0 N–H and O–H groups in total. The zero-order chi connectivity index (χ0) is 20.8. The number of hydrogen-bond donors (Lipinski definition) is 0. The lowest BCUT2D eigenvalue weighted by Gasteiger charge is -2.25. The van der Waals surface area contributed by atoms with E-state index in [2.05, 4.69) is 0 Å². The van der Waals surface area contributed by atoms with Gasteiger partial charge in [0.2, 0.25) is 0 Å². The summed E-state index contributed by atoms with van der Waals surface area (Å²) in [5.41, 5.74) is -1.37. The summed E-state index contributed by atoms with van der Waals surface area (Å²) in [6, 6.07) is 3.17. The van der Waals surface area contributed by atoms with Crippen molar-refractivity contribution in [3.8, 4) is 6.07 Å². The molecule has 0 spiro atoms. The van der Waals surface area contributed by atoms with Crippen LogP contribution in [0.15, 0.2) is 21.9 Å². The van der Waals surface area contributed by atoms with Crippen LogP contribution < -0.4 is 11.2 Å². The molecule has 154 valence electrons. The van der Waals surface area contributed by atoms with Gasteiger partial charge < -0.3 is 18.5 Å². The molecule has 0 bridgehead atoms. The molecule has 1 fully saturated rings. The summed E-state index contributed by atoms with van der Waals surface area (Å²) in [6.07, 6.45) is -0.216. The summed E-state index contributed by atoms with van der Waals surface area (Å²) < 4.78 is 36.8. The molecule has 0 saturated carbocycles. The van der Waals surface area contributed by atoms with Gasteiger partial charge in [-0.1, -0.05) is 6.92 Å². The Bertz CT molecular complexity index is 850. The molecule has 2 unspecified atom stereocenters. The maximum absolute atomic E-state index is 12.7. The molecule has 1 aromatic rings. The van der Waals surface area contributed by atoms with Gasteiger partial charge in [0, 0.05) is 26.0 Å². The van der Waals surface area contributed by atoms with Crippen LogP contribution in [0.3, 0.4) is 0 Å². The van der Waals surface area contributed by atoms with E-state index in [-0.39, 0.29) is 19.1 Å². The standard InChI is InChI=1S/C16H24N3O7P2/c1-5-11-13(26-28(4)24-10-6-8-17)14(23-2)15(25-11)18-9-7-12(20)19(16(18)21)27(3)22/h7,9,11,13-15H,5-6,10H2,1-4H3/q+1/t11-,13-,14+,15-,28?/m1/s1. The Labute approximate surface area is 164 Å². The van der Waals surface area contributed by atoms with Gasteiger partial charge in [0.05, 0.1) is 25.2 Å². The van der Waals surface area contributed by atoms with Crippen LogP contribution in [-0.4, -0.2) is 54.3 Å². The Morgan fingerprint density at radius 1 is 1.39 bits per heavy atom. The van der Waals surface area contributed by atoms with Gasteiger partial charge in [0.25, 0.3) is 5.56 Å². The number of ether oxygens (including phenoxy) is 2. The number of hydrogen-bond acceptors (Lipinski definition) is 8. The number of aromatic nitrogens is 2. The van der Waals surface area contributed by atoms with Crippen LogP contribution in [-0.2, 0) is 23.1 Å². The lowest BCUT2D eigenvalue weighted by Crippen LogP contribution is -2.41. The maximum Gasteiger partial charge on any atom is 0.471 e. The van der Waals surface area contributed by atoms with E-state index in [0.29, 0.717) is 10.8 Å². The lowest BCUT2D eigenvalue weighted by atomic mass is 10.1. The highest BCUT2D eigenvalue weighted by Gasteiger charge is 2.47. The average molecular weight is 432 g/mol. The van der Waals surface area contributed by atoms with Crippen LogP contribution in [0.1, 0.15) is 26.0 Å². The van der Waals surface area contributed by atoms with Crippen LogP contribution in [0, 0.1) is 11.3 Å². The van der Waals surface area contributed by atoms with Gasteiger partial charge in [0.1, 0.15) is 12.2 Å². The SMILES string of the molecule is CC[C@H]1O[C@@H](n2ccc(=O)n([P+](C)=O)c2=O)[C@@H](OC)[C@@H]1OP(C)OCCC#N. The lowest BCUT2D eigenvalue weighted by molar-refractivity contribution is -0.0540. The topological polar surface area (TPSA) is 122 Å². The normalized spacial score (nSPS) is 26.0. The number of rotatable bonds is 9. The van der Waals surface area contributed by atoms with Crippen LogP contribution in [0.25, 0.3) is 0 Å². The van der Waals surface area contributed by atoms with Crippen molar-refractivity contribution in [2.45, 2.75) is 44.3 Å². The van der Waals surface area contributed by atoms with E-state index in [4.69, 9.17) is 23.8 Å². The van der Waals surface area contributed by atoms with E-state index in [1.807, 2.05) is 13.0 Å². The Morgan fingerprint density at radius 2 is 2.11 bits per heavy atom. The number of methoxy groups -OCH3 is 1. The number of nitriles is 1. The van der Waals surface area contributed by atoms with E-state index in [1.165, 1.54) is 30.6 Å². The van der Waals surface area contributed by atoms with Gasteiger partial charge in [0.15, 0.2) is 21.3 Å². The second-order valence-electron chi connectivity index (χ2n) is 6.04. The van der Waals surface area contributed by atoms with Crippen LogP contribution in [0.4, 0.5) is 0 Å².